The maximum atomic E-state index is 13.8. The highest BCUT2D eigenvalue weighted by molar-refractivity contribution is 7.10. The quantitative estimate of drug-likeness (QED) is 0.678. The predicted octanol–water partition coefficient (Wildman–Crippen LogP) is 0.179. The van der Waals surface area contributed by atoms with Crippen LogP contribution in [0.5, 0.6) is 0 Å². The van der Waals surface area contributed by atoms with Gasteiger partial charge in [0, 0.05) is 5.56 Å². The number of carbonyl (C=O) groups excluding carboxylic acids is 1. The third kappa shape index (κ3) is 4.36. The van der Waals surface area contributed by atoms with Crippen molar-refractivity contribution in [2.24, 2.45) is 0 Å². The monoisotopic (exact) mass is 402 g/mol. The number of quaternary nitrogens is 2. The molecule has 2 N–H and O–H groups in total. The van der Waals surface area contributed by atoms with Crippen LogP contribution in [-0.4, -0.2) is 64.4 Å². The summed E-state index contributed by atoms with van der Waals surface area (Å²) in [6, 6.07) is 12.4. The molecule has 2 fully saturated rings. The Kier molecular flexibility index (Phi) is 6.54. The standard InChI is InChI=1S/C22H28N2O3S/c1-17-4-6-18(7-5-17)22(25)21(24-10-14-27-15-11-24)20(19-3-2-16-28-19)23-8-12-26-13-9-23/h2-7,16,20-21H,8-15H2,1H3/p+2/t20-,21-/m0/s1. The minimum atomic E-state index is -0.0987. The number of benzene rings is 1. The highest BCUT2D eigenvalue weighted by Gasteiger charge is 2.46. The Morgan fingerprint density at radius 1 is 0.929 bits per heavy atom. The number of ether oxygens (including phenoxy) is 2. The topological polar surface area (TPSA) is 44.4 Å². The molecule has 3 heterocycles. The molecule has 0 saturated carbocycles. The van der Waals surface area contributed by atoms with Crippen molar-refractivity contribution < 1.29 is 24.1 Å². The summed E-state index contributed by atoms with van der Waals surface area (Å²) in [5.41, 5.74) is 2.00. The lowest BCUT2D eigenvalue weighted by atomic mass is 9.93. The van der Waals surface area contributed by atoms with E-state index >= 15 is 0 Å². The Balaban J connectivity index is 1.72. The van der Waals surface area contributed by atoms with Crippen LogP contribution in [-0.2, 0) is 9.47 Å². The Labute approximate surface area is 170 Å². The normalized spacial score (nSPS) is 21.3. The molecule has 0 radical (unpaired) electrons. The molecule has 1 aromatic carbocycles. The maximum absolute atomic E-state index is 13.8. The van der Waals surface area contributed by atoms with Crippen LogP contribution < -0.4 is 9.80 Å². The fraction of sp³-hybridized carbons (Fsp3) is 0.500. The van der Waals surface area contributed by atoms with Crippen LogP contribution in [0.3, 0.4) is 0 Å². The first-order chi connectivity index (χ1) is 13.7. The summed E-state index contributed by atoms with van der Waals surface area (Å²) in [6.45, 7) is 8.70. The zero-order chi connectivity index (χ0) is 19.3. The molecular formula is C22H30N2O3S+2. The van der Waals surface area contributed by atoms with Crippen molar-refractivity contribution in [1.29, 1.82) is 0 Å². The molecule has 0 bridgehead atoms. The second kappa shape index (κ2) is 9.29. The van der Waals surface area contributed by atoms with Gasteiger partial charge in [-0.15, -0.1) is 11.3 Å². The van der Waals surface area contributed by atoms with Crippen LogP contribution in [0.2, 0.25) is 0 Å². The molecule has 0 amide bonds. The number of carbonyl (C=O) groups is 1. The summed E-state index contributed by atoms with van der Waals surface area (Å²) in [5.74, 6) is 0.259. The third-order valence-electron chi connectivity index (χ3n) is 5.95. The van der Waals surface area contributed by atoms with Gasteiger partial charge in [0.15, 0.2) is 6.04 Å². The molecule has 2 aromatic rings. The smallest absolute Gasteiger partial charge is 0.226 e. The van der Waals surface area contributed by atoms with Gasteiger partial charge in [-0.25, -0.2) is 0 Å². The molecule has 2 aliphatic heterocycles. The van der Waals surface area contributed by atoms with Crippen molar-refractivity contribution in [1.82, 2.24) is 0 Å². The van der Waals surface area contributed by atoms with Gasteiger partial charge in [-0.2, -0.15) is 0 Å². The van der Waals surface area contributed by atoms with E-state index in [0.717, 1.165) is 58.2 Å². The van der Waals surface area contributed by atoms with Crippen LogP contribution in [0, 0.1) is 6.92 Å². The Hall–Kier alpha value is -1.57. The van der Waals surface area contributed by atoms with Crippen LogP contribution >= 0.6 is 11.3 Å². The summed E-state index contributed by atoms with van der Waals surface area (Å²) >= 11 is 1.77. The van der Waals surface area contributed by atoms with Crippen molar-refractivity contribution in [2.75, 3.05) is 52.6 Å². The molecule has 2 atom stereocenters. The first-order valence-corrected chi connectivity index (χ1v) is 11.1. The van der Waals surface area contributed by atoms with E-state index in [1.807, 2.05) is 24.3 Å². The van der Waals surface area contributed by atoms with E-state index in [2.05, 4.69) is 24.4 Å². The molecule has 0 spiro atoms. The second-order valence-electron chi connectivity index (χ2n) is 7.74. The molecule has 0 aliphatic carbocycles. The van der Waals surface area contributed by atoms with Crippen molar-refractivity contribution in [3.8, 4) is 0 Å². The van der Waals surface area contributed by atoms with Crippen molar-refractivity contribution in [2.45, 2.75) is 19.0 Å². The summed E-state index contributed by atoms with van der Waals surface area (Å²) in [7, 11) is 0. The molecule has 4 rings (SSSR count). The largest absolute Gasteiger partial charge is 0.370 e. The summed E-state index contributed by atoms with van der Waals surface area (Å²) in [4.78, 5) is 18.0. The van der Waals surface area contributed by atoms with E-state index in [9.17, 15) is 4.79 Å². The molecule has 28 heavy (non-hydrogen) atoms. The minimum absolute atomic E-state index is 0.0987. The zero-order valence-electron chi connectivity index (χ0n) is 16.5. The summed E-state index contributed by atoms with van der Waals surface area (Å²) in [6.07, 6.45) is 0. The average molecular weight is 403 g/mol. The van der Waals surface area contributed by atoms with Gasteiger partial charge >= 0.3 is 0 Å². The molecular weight excluding hydrogens is 372 g/mol. The molecule has 2 aliphatic rings. The Morgan fingerprint density at radius 2 is 1.54 bits per heavy atom. The zero-order valence-corrected chi connectivity index (χ0v) is 17.3. The Bertz CT molecular complexity index is 751. The van der Waals surface area contributed by atoms with Crippen molar-refractivity contribution >= 4 is 17.1 Å². The molecule has 150 valence electrons. The number of thiophene rings is 1. The number of rotatable bonds is 6. The summed E-state index contributed by atoms with van der Waals surface area (Å²) in [5, 5.41) is 2.13. The number of Topliss-reactive ketones (excluding diaryl/α,β-unsaturated/α-hetero) is 1. The first kappa shape index (κ1) is 19.7. The lowest BCUT2D eigenvalue weighted by molar-refractivity contribution is -0.998. The average Bonchev–Trinajstić information content (AvgIpc) is 3.27. The van der Waals surface area contributed by atoms with E-state index in [4.69, 9.17) is 9.47 Å². The molecule has 0 unspecified atom stereocenters. The Morgan fingerprint density at radius 3 is 2.11 bits per heavy atom. The van der Waals surface area contributed by atoms with Gasteiger partial charge in [-0.3, -0.25) is 4.79 Å². The van der Waals surface area contributed by atoms with Crippen LogP contribution in [0.4, 0.5) is 0 Å². The van der Waals surface area contributed by atoms with E-state index < -0.39 is 0 Å². The van der Waals surface area contributed by atoms with Crippen LogP contribution in [0.15, 0.2) is 41.8 Å². The highest BCUT2D eigenvalue weighted by Crippen LogP contribution is 2.22. The number of hydrogen-bond acceptors (Lipinski definition) is 4. The number of aryl methyl sites for hydroxylation is 1. The van der Waals surface area contributed by atoms with E-state index in [1.165, 1.54) is 20.2 Å². The van der Waals surface area contributed by atoms with Crippen LogP contribution in [0.25, 0.3) is 0 Å². The lowest BCUT2D eigenvalue weighted by Gasteiger charge is -2.39. The molecule has 5 nitrogen and oxygen atoms in total. The SMILES string of the molecule is Cc1ccc(C(=O)[C@H]([C@H](c2cccs2)[NH+]2CCOCC2)[NH+]2CCOCC2)cc1. The first-order valence-electron chi connectivity index (χ1n) is 10.2. The van der Waals surface area contributed by atoms with Gasteiger partial charge in [0.1, 0.15) is 26.2 Å². The van der Waals surface area contributed by atoms with Gasteiger partial charge in [0.2, 0.25) is 11.8 Å². The third-order valence-corrected chi connectivity index (χ3v) is 6.91. The number of hydrogen-bond donors (Lipinski definition) is 2. The molecule has 2 saturated heterocycles. The fourth-order valence-electron chi connectivity index (χ4n) is 4.43. The maximum Gasteiger partial charge on any atom is 0.226 e. The van der Waals surface area contributed by atoms with Gasteiger partial charge in [0.25, 0.3) is 0 Å². The van der Waals surface area contributed by atoms with E-state index in [-0.39, 0.29) is 17.9 Å². The van der Waals surface area contributed by atoms with Gasteiger partial charge in [0.05, 0.1) is 31.3 Å². The minimum Gasteiger partial charge on any atom is -0.370 e. The number of nitrogens with one attached hydrogen (secondary N) is 2. The number of ketones is 1. The van der Waals surface area contributed by atoms with Gasteiger partial charge in [-0.1, -0.05) is 35.9 Å². The second-order valence-corrected chi connectivity index (χ2v) is 8.72. The summed E-state index contributed by atoms with van der Waals surface area (Å²) < 4.78 is 11.2. The van der Waals surface area contributed by atoms with Crippen LogP contribution in [0.1, 0.15) is 26.8 Å². The van der Waals surface area contributed by atoms with E-state index in [0.29, 0.717) is 0 Å². The van der Waals surface area contributed by atoms with Gasteiger partial charge in [-0.05, 0) is 18.4 Å². The highest BCUT2D eigenvalue weighted by atomic mass is 32.1. The lowest BCUT2D eigenvalue weighted by Crippen LogP contribution is -3.25. The fourth-order valence-corrected chi connectivity index (χ4v) is 5.35. The molecule has 1 aromatic heterocycles. The van der Waals surface area contributed by atoms with Crippen molar-refractivity contribution in [3.63, 3.8) is 0 Å². The molecule has 6 heteroatoms. The number of morpholine rings is 2. The van der Waals surface area contributed by atoms with Gasteiger partial charge < -0.3 is 19.3 Å². The van der Waals surface area contributed by atoms with Crippen molar-refractivity contribution in [3.05, 3.63) is 57.8 Å². The predicted molar refractivity (Wildman–Crippen MR) is 109 cm³/mol. The van der Waals surface area contributed by atoms with E-state index in [1.54, 1.807) is 11.3 Å².